The van der Waals surface area contributed by atoms with Crippen molar-refractivity contribution >= 4 is 18.9 Å². The van der Waals surface area contributed by atoms with Crippen molar-refractivity contribution < 1.29 is 39.3 Å². The van der Waals surface area contributed by atoms with Gasteiger partial charge in [-0.3, -0.25) is 0 Å². The second-order valence-corrected chi connectivity index (χ2v) is 0. The summed E-state index contributed by atoms with van der Waals surface area (Å²) in [4.78, 5) is 0. The van der Waals surface area contributed by atoms with Gasteiger partial charge in [0.2, 0.25) is 0 Å². The third-order valence-corrected chi connectivity index (χ3v) is 0. The van der Waals surface area contributed by atoms with Crippen molar-refractivity contribution in [1.29, 1.82) is 0 Å². The Morgan fingerprint density at radius 1 is 1.00 bits per heavy atom. The summed E-state index contributed by atoms with van der Waals surface area (Å²) in [5.41, 5.74) is 0. The van der Waals surface area contributed by atoms with Crippen LogP contribution < -0.4 is 0 Å². The van der Waals surface area contributed by atoms with E-state index in [1.807, 2.05) is 0 Å². The molecule has 0 spiro atoms. The fourth-order valence-corrected chi connectivity index (χ4v) is 0. The Morgan fingerprint density at radius 3 is 1.00 bits per heavy atom. The molecule has 4 heavy (non-hydrogen) atoms. The zero-order valence-corrected chi connectivity index (χ0v) is 3.43. The summed E-state index contributed by atoms with van der Waals surface area (Å²) in [5, 5.41) is 0. The van der Waals surface area contributed by atoms with Crippen molar-refractivity contribution in [2.45, 2.75) is 0 Å². The Morgan fingerprint density at radius 2 is 1.00 bits per heavy atom. The van der Waals surface area contributed by atoms with E-state index in [-0.39, 0.29) is 58.2 Å². The van der Waals surface area contributed by atoms with Gasteiger partial charge in [0.15, 0.2) is 0 Å². The average Bonchev–Trinajstić information content (AvgIpc) is 0. The van der Waals surface area contributed by atoms with E-state index < -0.39 is 0 Å². The Balaban J connectivity index is 0. The summed E-state index contributed by atoms with van der Waals surface area (Å²) in [6.07, 6.45) is 0. The van der Waals surface area contributed by atoms with E-state index in [1.165, 1.54) is 0 Å². The summed E-state index contributed by atoms with van der Waals surface area (Å²) in [6, 6.07) is 0. The molecule has 0 saturated heterocycles. The van der Waals surface area contributed by atoms with Gasteiger partial charge in [-0.15, -0.1) is 0 Å². The van der Waals surface area contributed by atoms with Crippen LogP contribution in [0.2, 0.25) is 0 Å². The standard InChI is InChI=1S/Co.Li.Mn.H2O.H/h;;;1H2;. The first-order valence-corrected chi connectivity index (χ1v) is 0. The van der Waals surface area contributed by atoms with Gasteiger partial charge in [0.25, 0.3) is 0 Å². The fraction of sp³-hybridized carbons (Fsp3) is 0. The van der Waals surface area contributed by atoms with Gasteiger partial charge in [-0.25, -0.2) is 0 Å². The van der Waals surface area contributed by atoms with E-state index >= 15 is 0 Å². The molecule has 0 unspecified atom stereocenters. The van der Waals surface area contributed by atoms with Gasteiger partial charge in [-0.05, 0) is 0 Å². The van der Waals surface area contributed by atoms with E-state index in [1.54, 1.807) is 0 Å². The van der Waals surface area contributed by atoms with Crippen LogP contribution in [0.5, 0.6) is 0 Å². The molecule has 0 aliphatic rings. The molecule has 0 amide bonds. The molecule has 0 fully saturated rings. The van der Waals surface area contributed by atoms with E-state index in [0.29, 0.717) is 0 Å². The van der Waals surface area contributed by atoms with Crippen molar-refractivity contribution in [2.24, 2.45) is 0 Å². The van der Waals surface area contributed by atoms with Crippen LogP contribution >= 0.6 is 0 Å². The molecule has 0 aromatic carbocycles. The second-order valence-electron chi connectivity index (χ2n) is 0. The topological polar surface area (TPSA) is 31.5 Å². The second kappa shape index (κ2) is 23.5. The minimum atomic E-state index is 0. The van der Waals surface area contributed by atoms with Crippen LogP contribution in [0.3, 0.4) is 0 Å². The van der Waals surface area contributed by atoms with Gasteiger partial charge in [0, 0.05) is 33.8 Å². The number of rotatable bonds is 0. The van der Waals surface area contributed by atoms with Gasteiger partial charge in [0.05, 0.1) is 0 Å². The van der Waals surface area contributed by atoms with Crippen LogP contribution in [0.4, 0.5) is 0 Å². The van der Waals surface area contributed by atoms with Gasteiger partial charge in [0.1, 0.15) is 0 Å². The van der Waals surface area contributed by atoms with Crippen molar-refractivity contribution in [1.82, 2.24) is 0 Å². The van der Waals surface area contributed by atoms with Crippen LogP contribution in [0, 0.1) is 0 Å². The SMILES string of the molecule is O.[Co].[LiH].[Mn]. The summed E-state index contributed by atoms with van der Waals surface area (Å²) < 4.78 is 0. The summed E-state index contributed by atoms with van der Waals surface area (Å²) in [7, 11) is 0. The van der Waals surface area contributed by atoms with Crippen LogP contribution in [0.25, 0.3) is 0 Å². The minimum Gasteiger partial charge on any atom is 0 e. The summed E-state index contributed by atoms with van der Waals surface area (Å²) in [5.74, 6) is 0. The average molecular weight is 140 g/mol. The van der Waals surface area contributed by atoms with E-state index in [0.717, 1.165) is 0 Å². The molecule has 0 aliphatic heterocycles. The molecule has 26 valence electrons. The third-order valence-electron chi connectivity index (χ3n) is 0. The Labute approximate surface area is 58.1 Å². The molecule has 4 heteroatoms. The van der Waals surface area contributed by atoms with Crippen LogP contribution in [0.15, 0.2) is 0 Å². The number of hydrogen-bond donors (Lipinski definition) is 0. The van der Waals surface area contributed by atoms with Crippen molar-refractivity contribution in [3.63, 3.8) is 0 Å². The van der Waals surface area contributed by atoms with Crippen LogP contribution in [-0.2, 0) is 33.8 Å². The molecule has 0 aromatic rings. The zero-order chi connectivity index (χ0) is 0. The molecule has 0 bridgehead atoms. The van der Waals surface area contributed by atoms with Gasteiger partial charge >= 0.3 is 18.9 Å². The molecule has 2 radical (unpaired) electrons. The maximum Gasteiger partial charge on any atom is 0 e. The predicted molar refractivity (Wildman–Crippen MR) is 10.8 cm³/mol. The molecule has 0 aromatic heterocycles. The first kappa shape index (κ1) is 46.8. The molecular formula is H3CoLiMnO. The first-order valence-electron chi connectivity index (χ1n) is 0. The zero-order valence-electron chi connectivity index (χ0n) is 1.21. The van der Waals surface area contributed by atoms with E-state index in [2.05, 4.69) is 0 Å². The van der Waals surface area contributed by atoms with Crippen molar-refractivity contribution in [3.05, 3.63) is 0 Å². The molecule has 0 saturated carbocycles. The quantitative estimate of drug-likeness (QED) is 0.367. The molecule has 2 N–H and O–H groups in total. The summed E-state index contributed by atoms with van der Waals surface area (Å²) >= 11 is 0. The minimum absolute atomic E-state index is 0. The van der Waals surface area contributed by atoms with E-state index in [4.69, 9.17) is 0 Å². The molecular weight excluding hydrogens is 137 g/mol. The maximum absolute atomic E-state index is 0. The molecule has 0 atom stereocenters. The third kappa shape index (κ3) is 9.54. The largest absolute Gasteiger partial charge is 0 e. The molecule has 0 heterocycles. The number of hydrogen-bond acceptors (Lipinski definition) is 0. The van der Waals surface area contributed by atoms with Gasteiger partial charge in [-0.1, -0.05) is 0 Å². The smallest absolute Gasteiger partial charge is 0 e. The summed E-state index contributed by atoms with van der Waals surface area (Å²) in [6.45, 7) is 0. The van der Waals surface area contributed by atoms with Crippen molar-refractivity contribution in [3.8, 4) is 0 Å². The normalized spacial score (nSPS) is 0. The maximum atomic E-state index is 0. The van der Waals surface area contributed by atoms with Crippen molar-refractivity contribution in [2.75, 3.05) is 0 Å². The van der Waals surface area contributed by atoms with Crippen LogP contribution in [-0.4, -0.2) is 24.3 Å². The monoisotopic (exact) mass is 140 g/mol. The Hall–Kier alpha value is 1.58. The first-order chi connectivity index (χ1) is 0. The van der Waals surface area contributed by atoms with E-state index in [9.17, 15) is 0 Å². The Kier molecular flexibility index (Phi) is 275. The van der Waals surface area contributed by atoms with Gasteiger partial charge < -0.3 is 5.48 Å². The fourth-order valence-electron chi connectivity index (χ4n) is 0. The van der Waals surface area contributed by atoms with Crippen LogP contribution in [0.1, 0.15) is 0 Å². The molecule has 1 nitrogen and oxygen atoms in total. The molecule has 0 rings (SSSR count). The molecule has 0 aliphatic carbocycles. The predicted octanol–water partition coefficient (Wildman–Crippen LogP) is -1.48. The van der Waals surface area contributed by atoms with Gasteiger partial charge in [-0.2, -0.15) is 0 Å². The Bertz CT molecular complexity index is 8.00.